The van der Waals surface area contributed by atoms with E-state index >= 15 is 0 Å². The van der Waals surface area contributed by atoms with Crippen LogP contribution in [0.4, 0.5) is 10.5 Å². The number of aryl methyl sites for hydroxylation is 2. The van der Waals surface area contributed by atoms with Crippen LogP contribution in [0.15, 0.2) is 77.7 Å². The van der Waals surface area contributed by atoms with Crippen LogP contribution in [-0.2, 0) is 16.1 Å². The van der Waals surface area contributed by atoms with Crippen molar-refractivity contribution in [3.8, 4) is 5.75 Å². The van der Waals surface area contributed by atoms with E-state index in [9.17, 15) is 14.4 Å². The molecule has 4 rings (SSSR count). The maximum Gasteiger partial charge on any atom is 0.293 e. The topological polar surface area (TPSA) is 75.7 Å². The molecule has 0 aromatic heterocycles. The van der Waals surface area contributed by atoms with Gasteiger partial charge >= 0.3 is 0 Å². The minimum Gasteiger partial charge on any atom is -0.484 e. The van der Waals surface area contributed by atoms with Gasteiger partial charge in [-0.1, -0.05) is 54.6 Å². The molecule has 0 spiro atoms. The number of ether oxygens (including phenoxy) is 1. The average molecular weight is 473 g/mol. The summed E-state index contributed by atoms with van der Waals surface area (Å²) in [4.78, 5) is 39.2. The van der Waals surface area contributed by atoms with Crippen molar-refractivity contribution in [3.05, 3.63) is 100.0 Å². The standard InChI is InChI=1S/C27H24N2O4S/c1-18-8-3-5-11-21(18)16-29-26(31)24(34-27(29)32)15-20-10-7-12-22(14-20)33-17-25(30)28-23-13-6-4-9-19(23)2/h3-15H,16-17H2,1-2H3,(H,28,30)/b24-15-. The number of imide groups is 1. The molecule has 3 aromatic carbocycles. The third kappa shape index (κ3) is 5.55. The lowest BCUT2D eigenvalue weighted by atomic mass is 10.1. The lowest BCUT2D eigenvalue weighted by Gasteiger charge is -2.14. The van der Waals surface area contributed by atoms with Crippen molar-refractivity contribution in [2.24, 2.45) is 0 Å². The predicted molar refractivity (Wildman–Crippen MR) is 134 cm³/mol. The fourth-order valence-corrected chi connectivity index (χ4v) is 4.33. The summed E-state index contributed by atoms with van der Waals surface area (Å²) in [6, 6.07) is 22.3. The molecule has 0 bridgehead atoms. The van der Waals surface area contributed by atoms with Crippen LogP contribution in [0.5, 0.6) is 5.75 Å². The number of carbonyl (C=O) groups excluding carboxylic acids is 3. The second-order valence-corrected chi connectivity index (χ2v) is 8.91. The summed E-state index contributed by atoms with van der Waals surface area (Å²) in [7, 11) is 0. The monoisotopic (exact) mass is 472 g/mol. The fraction of sp³-hybridized carbons (Fsp3) is 0.148. The second kappa shape index (κ2) is 10.4. The van der Waals surface area contributed by atoms with Crippen LogP contribution in [-0.4, -0.2) is 28.6 Å². The Balaban J connectivity index is 1.40. The maximum atomic E-state index is 12.9. The number of hydrogen-bond acceptors (Lipinski definition) is 5. The molecule has 1 saturated heterocycles. The number of benzene rings is 3. The van der Waals surface area contributed by atoms with E-state index in [1.165, 1.54) is 4.90 Å². The molecule has 0 aliphatic carbocycles. The SMILES string of the molecule is Cc1ccccc1CN1C(=O)S/C(=C\c2cccc(OCC(=O)Nc3ccccc3C)c2)C1=O. The summed E-state index contributed by atoms with van der Waals surface area (Å²) < 4.78 is 5.64. The number of amides is 3. The van der Waals surface area contributed by atoms with Crippen LogP contribution in [0, 0.1) is 13.8 Å². The molecule has 172 valence electrons. The molecule has 1 aliphatic heterocycles. The van der Waals surface area contributed by atoms with E-state index in [-0.39, 0.29) is 30.2 Å². The van der Waals surface area contributed by atoms with Gasteiger partial charge in [0.25, 0.3) is 17.1 Å². The Kier molecular flexibility index (Phi) is 7.13. The molecule has 1 fully saturated rings. The van der Waals surface area contributed by atoms with Crippen LogP contribution in [0.1, 0.15) is 22.3 Å². The molecule has 0 unspecified atom stereocenters. The van der Waals surface area contributed by atoms with Crippen molar-refractivity contribution in [2.75, 3.05) is 11.9 Å². The Morgan fingerprint density at radius 2 is 1.71 bits per heavy atom. The highest BCUT2D eigenvalue weighted by Gasteiger charge is 2.35. The van der Waals surface area contributed by atoms with Gasteiger partial charge < -0.3 is 10.1 Å². The normalized spacial score (nSPS) is 14.5. The van der Waals surface area contributed by atoms with Crippen LogP contribution in [0.25, 0.3) is 6.08 Å². The molecular formula is C27H24N2O4S. The number of carbonyl (C=O) groups is 3. The van der Waals surface area contributed by atoms with Crippen LogP contribution in [0.2, 0.25) is 0 Å². The van der Waals surface area contributed by atoms with Crippen LogP contribution < -0.4 is 10.1 Å². The minimum absolute atomic E-state index is 0.148. The van der Waals surface area contributed by atoms with Gasteiger partial charge in [0, 0.05) is 5.69 Å². The van der Waals surface area contributed by atoms with Crippen molar-refractivity contribution in [1.29, 1.82) is 0 Å². The number of nitrogens with one attached hydrogen (secondary N) is 1. The van der Waals surface area contributed by atoms with E-state index in [4.69, 9.17) is 4.74 Å². The zero-order valence-electron chi connectivity index (χ0n) is 18.9. The van der Waals surface area contributed by atoms with E-state index in [2.05, 4.69) is 5.32 Å². The molecule has 6 nitrogen and oxygen atoms in total. The van der Waals surface area contributed by atoms with E-state index in [0.717, 1.165) is 34.1 Å². The van der Waals surface area contributed by atoms with Gasteiger partial charge in [0.2, 0.25) is 0 Å². The zero-order valence-corrected chi connectivity index (χ0v) is 19.7. The minimum atomic E-state index is -0.317. The molecule has 1 heterocycles. The van der Waals surface area contributed by atoms with E-state index in [1.54, 1.807) is 24.3 Å². The average Bonchev–Trinajstić information content (AvgIpc) is 3.08. The molecule has 1 N–H and O–H groups in total. The Bertz CT molecular complexity index is 1280. The van der Waals surface area contributed by atoms with Gasteiger partial charge in [-0.2, -0.15) is 0 Å². The van der Waals surface area contributed by atoms with Crippen molar-refractivity contribution in [3.63, 3.8) is 0 Å². The summed E-state index contributed by atoms with van der Waals surface area (Å²) in [6.45, 7) is 3.97. The van der Waals surface area contributed by atoms with Crippen molar-refractivity contribution < 1.29 is 19.1 Å². The molecular weight excluding hydrogens is 448 g/mol. The molecule has 3 aromatic rings. The summed E-state index contributed by atoms with van der Waals surface area (Å²) in [5, 5.41) is 2.53. The second-order valence-electron chi connectivity index (χ2n) is 7.92. The van der Waals surface area contributed by atoms with Gasteiger partial charge in [-0.15, -0.1) is 0 Å². The van der Waals surface area contributed by atoms with Gasteiger partial charge in [-0.3, -0.25) is 19.3 Å². The molecule has 0 radical (unpaired) electrons. The highest BCUT2D eigenvalue weighted by atomic mass is 32.2. The largest absolute Gasteiger partial charge is 0.484 e. The number of hydrogen-bond donors (Lipinski definition) is 1. The summed E-state index contributed by atoms with van der Waals surface area (Å²) in [5.74, 6) is -0.0907. The zero-order chi connectivity index (χ0) is 24.1. The lowest BCUT2D eigenvalue weighted by molar-refractivity contribution is -0.123. The van der Waals surface area contributed by atoms with Gasteiger partial charge in [0.05, 0.1) is 11.4 Å². The Hall–Kier alpha value is -3.84. The van der Waals surface area contributed by atoms with Gasteiger partial charge in [0.1, 0.15) is 5.75 Å². The Morgan fingerprint density at radius 3 is 2.47 bits per heavy atom. The van der Waals surface area contributed by atoms with Crippen molar-refractivity contribution in [2.45, 2.75) is 20.4 Å². The Labute approximate surface area is 202 Å². The molecule has 3 amide bonds. The first-order chi connectivity index (χ1) is 16.4. The number of rotatable bonds is 7. The number of para-hydroxylation sites is 1. The third-order valence-electron chi connectivity index (χ3n) is 5.41. The molecule has 1 aliphatic rings. The lowest BCUT2D eigenvalue weighted by Crippen LogP contribution is -2.27. The molecule has 0 saturated carbocycles. The van der Waals surface area contributed by atoms with E-state index in [1.807, 2.05) is 68.4 Å². The highest BCUT2D eigenvalue weighted by Crippen LogP contribution is 2.34. The number of thioether (sulfide) groups is 1. The van der Waals surface area contributed by atoms with Gasteiger partial charge in [0.15, 0.2) is 6.61 Å². The van der Waals surface area contributed by atoms with E-state index in [0.29, 0.717) is 16.2 Å². The summed E-state index contributed by atoms with van der Waals surface area (Å²) in [5.41, 5.74) is 4.38. The Morgan fingerprint density at radius 1 is 0.971 bits per heavy atom. The first kappa shape index (κ1) is 23.3. The maximum absolute atomic E-state index is 12.9. The molecule has 7 heteroatoms. The van der Waals surface area contributed by atoms with Crippen LogP contribution >= 0.6 is 11.8 Å². The molecule has 34 heavy (non-hydrogen) atoms. The van der Waals surface area contributed by atoms with Gasteiger partial charge in [-0.25, -0.2) is 0 Å². The predicted octanol–water partition coefficient (Wildman–Crippen LogP) is 5.56. The quantitative estimate of drug-likeness (QED) is 0.456. The van der Waals surface area contributed by atoms with E-state index < -0.39 is 0 Å². The fourth-order valence-electron chi connectivity index (χ4n) is 3.49. The van der Waals surface area contributed by atoms with Crippen LogP contribution in [0.3, 0.4) is 0 Å². The van der Waals surface area contributed by atoms with Gasteiger partial charge in [-0.05, 0) is 72.1 Å². The third-order valence-corrected chi connectivity index (χ3v) is 6.32. The smallest absolute Gasteiger partial charge is 0.293 e. The number of anilines is 1. The summed E-state index contributed by atoms with van der Waals surface area (Å²) >= 11 is 0.922. The van der Waals surface area contributed by atoms with Crippen molar-refractivity contribution in [1.82, 2.24) is 4.90 Å². The first-order valence-electron chi connectivity index (χ1n) is 10.8. The number of nitrogens with zero attached hydrogens (tertiary/aromatic N) is 1. The van der Waals surface area contributed by atoms with Crippen molar-refractivity contribution >= 4 is 40.6 Å². The highest BCUT2D eigenvalue weighted by molar-refractivity contribution is 8.18. The molecule has 0 atom stereocenters. The first-order valence-corrected chi connectivity index (χ1v) is 11.6. The summed E-state index contributed by atoms with van der Waals surface area (Å²) in [6.07, 6.45) is 1.67.